The maximum atomic E-state index is 10.9. The number of carbonyl (C=O) groups is 1. The average molecular weight is 223 g/mol. The van der Waals surface area contributed by atoms with Crippen LogP contribution in [0.3, 0.4) is 0 Å². The van der Waals surface area contributed by atoms with Crippen molar-refractivity contribution in [2.24, 2.45) is 5.92 Å². The summed E-state index contributed by atoms with van der Waals surface area (Å²) >= 11 is 0. The van der Waals surface area contributed by atoms with Gasteiger partial charge in [-0.2, -0.15) is 0 Å². The van der Waals surface area contributed by atoms with Crippen LogP contribution >= 0.6 is 0 Å². The van der Waals surface area contributed by atoms with Crippen molar-refractivity contribution in [1.82, 2.24) is 5.32 Å². The highest BCUT2D eigenvalue weighted by Gasteiger charge is 2.60. The van der Waals surface area contributed by atoms with Crippen LogP contribution in [0.15, 0.2) is 18.2 Å². The Bertz CT molecular complexity index is 446. The van der Waals surface area contributed by atoms with E-state index in [0.717, 1.165) is 0 Å². The zero-order valence-corrected chi connectivity index (χ0v) is 8.77. The van der Waals surface area contributed by atoms with E-state index in [2.05, 4.69) is 5.32 Å². The molecule has 0 amide bonds. The van der Waals surface area contributed by atoms with E-state index in [1.165, 1.54) is 18.2 Å². The van der Waals surface area contributed by atoms with Gasteiger partial charge in [0.05, 0.1) is 11.5 Å². The highest BCUT2D eigenvalue weighted by molar-refractivity contribution is 5.77. The van der Waals surface area contributed by atoms with Gasteiger partial charge < -0.3 is 20.6 Å². The summed E-state index contributed by atoms with van der Waals surface area (Å²) in [5.74, 6) is -1.46. The zero-order valence-electron chi connectivity index (χ0n) is 8.77. The van der Waals surface area contributed by atoms with E-state index in [9.17, 15) is 15.0 Å². The summed E-state index contributed by atoms with van der Waals surface area (Å²) in [5, 5.41) is 30.9. The molecule has 1 aromatic carbocycles. The third kappa shape index (κ3) is 1.40. The van der Waals surface area contributed by atoms with Gasteiger partial charge in [0.15, 0.2) is 0 Å². The lowest BCUT2D eigenvalue weighted by Crippen LogP contribution is -2.29. The van der Waals surface area contributed by atoms with Crippen LogP contribution in [-0.4, -0.2) is 28.3 Å². The summed E-state index contributed by atoms with van der Waals surface area (Å²) in [5.41, 5.74) is -0.323. The highest BCUT2D eigenvalue weighted by atomic mass is 16.4. The fraction of sp³-hybridized carbons (Fsp3) is 0.364. The molecule has 1 aliphatic carbocycles. The molecular formula is C11H13NO4. The minimum Gasteiger partial charge on any atom is -0.508 e. The van der Waals surface area contributed by atoms with E-state index < -0.39 is 17.4 Å². The summed E-state index contributed by atoms with van der Waals surface area (Å²) in [6, 6.07) is 4.12. The molecule has 0 saturated heterocycles. The molecule has 1 aromatic rings. The maximum absolute atomic E-state index is 10.9. The Labute approximate surface area is 92.3 Å². The minimum atomic E-state index is -0.905. The topological polar surface area (TPSA) is 89.8 Å². The number of hydrogen-bond donors (Lipinski definition) is 4. The fourth-order valence-corrected chi connectivity index (χ4v) is 2.15. The van der Waals surface area contributed by atoms with E-state index in [0.29, 0.717) is 12.0 Å². The standard InChI is InChI=1S/C11H13NO4/c1-12-11(5-8(11)10(15)16)7-4-6(13)2-3-9(7)14/h2-4,8,12-14H,5H2,1H3,(H,15,16). The van der Waals surface area contributed by atoms with E-state index in [1.54, 1.807) is 7.05 Å². The van der Waals surface area contributed by atoms with Crippen molar-refractivity contribution >= 4 is 5.97 Å². The number of hydrogen-bond acceptors (Lipinski definition) is 4. The second-order valence-corrected chi connectivity index (χ2v) is 4.02. The highest BCUT2D eigenvalue weighted by Crippen LogP contribution is 2.54. The molecular weight excluding hydrogens is 210 g/mol. The summed E-state index contributed by atoms with van der Waals surface area (Å²) in [6.45, 7) is 0. The van der Waals surface area contributed by atoms with Crippen molar-refractivity contribution in [1.29, 1.82) is 0 Å². The molecule has 16 heavy (non-hydrogen) atoms. The van der Waals surface area contributed by atoms with Crippen LogP contribution in [0.1, 0.15) is 12.0 Å². The quantitative estimate of drug-likeness (QED) is 0.564. The second kappa shape index (κ2) is 3.38. The van der Waals surface area contributed by atoms with Crippen molar-refractivity contribution < 1.29 is 20.1 Å². The molecule has 1 aliphatic rings. The van der Waals surface area contributed by atoms with Crippen LogP contribution in [-0.2, 0) is 10.3 Å². The molecule has 4 N–H and O–H groups in total. The Morgan fingerprint density at radius 1 is 1.50 bits per heavy atom. The summed E-state index contributed by atoms with van der Waals surface area (Å²) in [6.07, 6.45) is 0.413. The van der Waals surface area contributed by atoms with Gasteiger partial charge in [-0.25, -0.2) is 0 Å². The smallest absolute Gasteiger partial charge is 0.308 e. The number of aliphatic carboxylic acids is 1. The number of benzene rings is 1. The lowest BCUT2D eigenvalue weighted by atomic mass is 10.0. The predicted octanol–water partition coefficient (Wildman–Crippen LogP) is 0.617. The Morgan fingerprint density at radius 2 is 2.19 bits per heavy atom. The van der Waals surface area contributed by atoms with E-state index in [-0.39, 0.29) is 11.5 Å². The number of carboxylic acids is 1. The van der Waals surface area contributed by atoms with Crippen molar-refractivity contribution in [2.75, 3.05) is 7.05 Å². The SMILES string of the molecule is CNC1(c2cc(O)ccc2O)CC1C(=O)O. The second-order valence-electron chi connectivity index (χ2n) is 4.02. The Balaban J connectivity index is 2.43. The van der Waals surface area contributed by atoms with E-state index in [4.69, 9.17) is 5.11 Å². The number of phenolic OH excluding ortho intramolecular Hbond substituents is 2. The van der Waals surface area contributed by atoms with Crippen LogP contribution in [0.25, 0.3) is 0 Å². The van der Waals surface area contributed by atoms with Crippen LogP contribution in [0.2, 0.25) is 0 Å². The molecule has 0 aromatic heterocycles. The first-order chi connectivity index (χ1) is 7.51. The predicted molar refractivity (Wildman–Crippen MR) is 56.3 cm³/mol. The van der Waals surface area contributed by atoms with Crippen molar-refractivity contribution in [3.8, 4) is 11.5 Å². The average Bonchev–Trinajstić information content (AvgIpc) is 2.98. The van der Waals surface area contributed by atoms with Crippen LogP contribution in [0, 0.1) is 5.92 Å². The van der Waals surface area contributed by atoms with Crippen molar-refractivity contribution in [2.45, 2.75) is 12.0 Å². The normalized spacial score (nSPS) is 27.7. The monoisotopic (exact) mass is 223 g/mol. The molecule has 2 rings (SSSR count). The first kappa shape index (κ1) is 10.8. The van der Waals surface area contributed by atoms with Gasteiger partial charge in [0, 0.05) is 5.56 Å². The Morgan fingerprint density at radius 3 is 2.69 bits per heavy atom. The molecule has 0 heterocycles. The van der Waals surface area contributed by atoms with Crippen LogP contribution in [0.5, 0.6) is 11.5 Å². The molecule has 0 radical (unpaired) electrons. The molecule has 2 atom stereocenters. The first-order valence-electron chi connectivity index (χ1n) is 4.95. The summed E-state index contributed by atoms with van der Waals surface area (Å²) in [7, 11) is 1.65. The van der Waals surface area contributed by atoms with E-state index >= 15 is 0 Å². The van der Waals surface area contributed by atoms with Gasteiger partial charge in [-0.05, 0) is 31.7 Å². The third-order valence-corrected chi connectivity index (χ3v) is 3.17. The number of nitrogens with one attached hydrogen (secondary N) is 1. The number of carboxylic acid groups (broad SMARTS) is 1. The Hall–Kier alpha value is -1.75. The van der Waals surface area contributed by atoms with Gasteiger partial charge >= 0.3 is 5.97 Å². The van der Waals surface area contributed by atoms with Gasteiger partial charge in [-0.3, -0.25) is 4.79 Å². The van der Waals surface area contributed by atoms with Gasteiger partial charge in [0.25, 0.3) is 0 Å². The molecule has 5 nitrogen and oxygen atoms in total. The Kier molecular flexibility index (Phi) is 2.27. The zero-order chi connectivity index (χ0) is 11.9. The summed E-state index contributed by atoms with van der Waals surface area (Å²) < 4.78 is 0. The van der Waals surface area contributed by atoms with Crippen molar-refractivity contribution in [3.63, 3.8) is 0 Å². The largest absolute Gasteiger partial charge is 0.508 e. The number of phenols is 2. The van der Waals surface area contributed by atoms with Crippen LogP contribution in [0.4, 0.5) is 0 Å². The first-order valence-corrected chi connectivity index (χ1v) is 4.95. The van der Waals surface area contributed by atoms with Gasteiger partial charge in [0.1, 0.15) is 11.5 Å². The number of aromatic hydroxyl groups is 2. The van der Waals surface area contributed by atoms with Crippen LogP contribution < -0.4 is 5.32 Å². The molecule has 2 unspecified atom stereocenters. The minimum absolute atomic E-state index is 0.00380. The van der Waals surface area contributed by atoms with E-state index in [1.807, 2.05) is 0 Å². The van der Waals surface area contributed by atoms with Gasteiger partial charge in [0.2, 0.25) is 0 Å². The molecule has 1 fully saturated rings. The molecule has 5 heteroatoms. The lowest BCUT2D eigenvalue weighted by molar-refractivity contribution is -0.139. The maximum Gasteiger partial charge on any atom is 0.308 e. The third-order valence-electron chi connectivity index (χ3n) is 3.17. The lowest BCUT2D eigenvalue weighted by Gasteiger charge is -2.17. The fourth-order valence-electron chi connectivity index (χ4n) is 2.15. The molecule has 86 valence electrons. The molecule has 0 spiro atoms. The number of rotatable bonds is 3. The molecule has 0 bridgehead atoms. The van der Waals surface area contributed by atoms with Gasteiger partial charge in [-0.15, -0.1) is 0 Å². The molecule has 1 saturated carbocycles. The molecule has 0 aliphatic heterocycles. The summed E-state index contributed by atoms with van der Waals surface area (Å²) in [4.78, 5) is 10.9. The van der Waals surface area contributed by atoms with Crippen molar-refractivity contribution in [3.05, 3.63) is 23.8 Å². The van der Waals surface area contributed by atoms with Gasteiger partial charge in [-0.1, -0.05) is 0 Å².